The van der Waals surface area contributed by atoms with Gasteiger partial charge in [0.25, 0.3) is 0 Å². The molecule has 0 aromatic heterocycles. The molecule has 2 N–H and O–H groups in total. The Bertz CT molecular complexity index is 1210. The normalized spacial score (nSPS) is 13.7. The number of nitrogens with one attached hydrogen (secondary N) is 2. The second kappa shape index (κ2) is 11.2. The van der Waals surface area contributed by atoms with E-state index in [1.807, 2.05) is 41.3 Å². The molecule has 0 atom stereocenters. The molecule has 1 saturated heterocycles. The van der Waals surface area contributed by atoms with E-state index in [-0.39, 0.29) is 11.6 Å². The highest BCUT2D eigenvalue weighted by atomic mass is 19.4. The van der Waals surface area contributed by atoms with Crippen LogP contribution in [0.25, 0.3) is 0 Å². The summed E-state index contributed by atoms with van der Waals surface area (Å²) in [5.74, 6) is 0.842. The summed E-state index contributed by atoms with van der Waals surface area (Å²) < 4.78 is 43.2. The van der Waals surface area contributed by atoms with Gasteiger partial charge in [0.15, 0.2) is 0 Å². The molecule has 4 rings (SSSR count). The minimum absolute atomic E-state index is 0.0865. The molecule has 0 spiro atoms. The summed E-state index contributed by atoms with van der Waals surface area (Å²) >= 11 is 0. The van der Waals surface area contributed by atoms with Crippen LogP contribution in [0.2, 0.25) is 0 Å². The number of methoxy groups -OCH3 is 1. The lowest BCUT2D eigenvalue weighted by molar-refractivity contribution is -0.137. The fourth-order valence-electron chi connectivity index (χ4n) is 4.04. The quantitative estimate of drug-likeness (QED) is 0.473. The maximum Gasteiger partial charge on any atom is 0.416 e. The Kier molecular flexibility index (Phi) is 7.86. The molecule has 1 fully saturated rings. The number of piperazine rings is 1. The molecule has 0 aliphatic carbocycles. The molecule has 194 valence electrons. The standard InChI is InChI=1S/C27H27F3N4O3/c1-37-24-12-2-19(3-13-24)18-25(35)34-16-14-33(15-17-34)23-10-8-22(9-11-23)32-26(36)31-21-6-4-20(5-7-21)27(28,29)30/h2-13H,14-18H2,1H3,(H2,31,32,36). The van der Waals surface area contributed by atoms with Crippen LogP contribution in [0.15, 0.2) is 72.8 Å². The third-order valence-electron chi connectivity index (χ3n) is 6.11. The van der Waals surface area contributed by atoms with Gasteiger partial charge in [0.05, 0.1) is 19.1 Å². The van der Waals surface area contributed by atoms with Gasteiger partial charge in [-0.1, -0.05) is 12.1 Å². The first kappa shape index (κ1) is 25.9. The van der Waals surface area contributed by atoms with Crippen LogP contribution in [0.3, 0.4) is 0 Å². The number of benzene rings is 3. The van der Waals surface area contributed by atoms with Gasteiger partial charge in [-0.3, -0.25) is 4.79 Å². The molecule has 3 amide bonds. The molecule has 1 aliphatic heterocycles. The van der Waals surface area contributed by atoms with Crippen LogP contribution in [0, 0.1) is 0 Å². The van der Waals surface area contributed by atoms with E-state index in [0.717, 1.165) is 29.1 Å². The van der Waals surface area contributed by atoms with Crippen LogP contribution in [0.1, 0.15) is 11.1 Å². The van der Waals surface area contributed by atoms with Gasteiger partial charge in [0, 0.05) is 43.2 Å². The number of anilines is 3. The maximum atomic E-state index is 12.7. The molecule has 0 unspecified atom stereocenters. The predicted octanol–water partition coefficient (Wildman–Crippen LogP) is 5.25. The second-order valence-electron chi connectivity index (χ2n) is 8.59. The lowest BCUT2D eigenvalue weighted by atomic mass is 10.1. The summed E-state index contributed by atoms with van der Waals surface area (Å²) in [6.45, 7) is 2.61. The summed E-state index contributed by atoms with van der Waals surface area (Å²) in [6.07, 6.45) is -4.08. The zero-order valence-electron chi connectivity index (χ0n) is 20.2. The van der Waals surface area contributed by atoms with E-state index in [0.29, 0.717) is 38.3 Å². The van der Waals surface area contributed by atoms with Crippen molar-refractivity contribution in [1.29, 1.82) is 0 Å². The molecule has 3 aromatic rings. The van der Waals surface area contributed by atoms with Crippen LogP contribution in [0.4, 0.5) is 35.0 Å². The van der Waals surface area contributed by atoms with Crippen molar-refractivity contribution in [2.45, 2.75) is 12.6 Å². The topological polar surface area (TPSA) is 73.9 Å². The van der Waals surface area contributed by atoms with Crippen molar-refractivity contribution in [3.05, 3.63) is 83.9 Å². The number of rotatable bonds is 6. The van der Waals surface area contributed by atoms with Gasteiger partial charge >= 0.3 is 12.2 Å². The number of halogens is 3. The predicted molar refractivity (Wildman–Crippen MR) is 136 cm³/mol. The Labute approximate surface area is 212 Å². The Hall–Kier alpha value is -4.21. The number of carbonyl (C=O) groups excluding carboxylic acids is 2. The minimum atomic E-state index is -4.43. The van der Waals surface area contributed by atoms with Crippen molar-refractivity contribution in [1.82, 2.24) is 4.90 Å². The van der Waals surface area contributed by atoms with Crippen molar-refractivity contribution in [3.63, 3.8) is 0 Å². The summed E-state index contributed by atoms with van der Waals surface area (Å²) in [5.41, 5.74) is 1.93. The van der Waals surface area contributed by atoms with Gasteiger partial charge < -0.3 is 25.2 Å². The highest BCUT2D eigenvalue weighted by Gasteiger charge is 2.30. The third kappa shape index (κ3) is 6.93. The fraction of sp³-hybridized carbons (Fsp3) is 0.259. The molecule has 37 heavy (non-hydrogen) atoms. The van der Waals surface area contributed by atoms with Gasteiger partial charge in [-0.05, 0) is 66.2 Å². The SMILES string of the molecule is COc1ccc(CC(=O)N2CCN(c3ccc(NC(=O)Nc4ccc(C(F)(F)F)cc4)cc3)CC2)cc1. The highest BCUT2D eigenvalue weighted by Crippen LogP contribution is 2.30. The maximum absolute atomic E-state index is 12.7. The summed E-state index contributed by atoms with van der Waals surface area (Å²) in [7, 11) is 1.60. The number of urea groups is 1. The highest BCUT2D eigenvalue weighted by molar-refractivity contribution is 5.99. The first-order valence-electron chi connectivity index (χ1n) is 11.7. The molecular weight excluding hydrogens is 485 g/mol. The summed E-state index contributed by atoms with van der Waals surface area (Å²) in [6, 6.07) is 18.4. The number of amides is 3. The first-order valence-corrected chi connectivity index (χ1v) is 11.7. The molecule has 1 heterocycles. The molecule has 0 saturated carbocycles. The van der Waals surface area contributed by atoms with Gasteiger partial charge in [0.1, 0.15) is 5.75 Å². The lowest BCUT2D eigenvalue weighted by Gasteiger charge is -2.36. The number of hydrogen-bond acceptors (Lipinski definition) is 4. The number of hydrogen-bond donors (Lipinski definition) is 2. The largest absolute Gasteiger partial charge is 0.497 e. The second-order valence-corrected chi connectivity index (χ2v) is 8.59. The molecule has 0 bridgehead atoms. The Morgan fingerprint density at radius 3 is 1.86 bits per heavy atom. The molecule has 0 radical (unpaired) electrons. The number of ether oxygens (including phenoxy) is 1. The smallest absolute Gasteiger partial charge is 0.416 e. The minimum Gasteiger partial charge on any atom is -0.497 e. The molecule has 1 aliphatic rings. The zero-order valence-corrected chi connectivity index (χ0v) is 20.2. The Balaban J connectivity index is 1.24. The molecule has 10 heteroatoms. The van der Waals surface area contributed by atoms with Crippen molar-refractivity contribution in [2.75, 3.05) is 48.8 Å². The van der Waals surface area contributed by atoms with Crippen molar-refractivity contribution in [2.24, 2.45) is 0 Å². The van der Waals surface area contributed by atoms with Crippen LogP contribution >= 0.6 is 0 Å². The van der Waals surface area contributed by atoms with Gasteiger partial charge in [-0.25, -0.2) is 4.79 Å². The van der Waals surface area contributed by atoms with Crippen molar-refractivity contribution in [3.8, 4) is 5.75 Å². The third-order valence-corrected chi connectivity index (χ3v) is 6.11. The average Bonchev–Trinajstić information content (AvgIpc) is 2.89. The molecule has 7 nitrogen and oxygen atoms in total. The summed E-state index contributed by atoms with van der Waals surface area (Å²) in [4.78, 5) is 28.9. The van der Waals surface area contributed by atoms with E-state index in [2.05, 4.69) is 15.5 Å². The van der Waals surface area contributed by atoms with Crippen molar-refractivity contribution >= 4 is 29.0 Å². The van der Waals surface area contributed by atoms with Crippen LogP contribution in [0.5, 0.6) is 5.75 Å². The zero-order chi connectivity index (χ0) is 26.4. The van der Waals surface area contributed by atoms with Gasteiger partial charge in [-0.15, -0.1) is 0 Å². The Morgan fingerprint density at radius 2 is 1.35 bits per heavy atom. The van der Waals surface area contributed by atoms with E-state index >= 15 is 0 Å². The lowest BCUT2D eigenvalue weighted by Crippen LogP contribution is -2.49. The van der Waals surface area contributed by atoms with E-state index in [1.54, 1.807) is 19.2 Å². The van der Waals surface area contributed by atoms with E-state index in [9.17, 15) is 22.8 Å². The van der Waals surface area contributed by atoms with E-state index in [4.69, 9.17) is 4.74 Å². The van der Waals surface area contributed by atoms with Crippen LogP contribution in [-0.2, 0) is 17.4 Å². The van der Waals surface area contributed by atoms with Gasteiger partial charge in [0.2, 0.25) is 5.91 Å². The van der Waals surface area contributed by atoms with Crippen molar-refractivity contribution < 1.29 is 27.5 Å². The first-order chi connectivity index (χ1) is 17.7. The summed E-state index contributed by atoms with van der Waals surface area (Å²) in [5, 5.41) is 5.18. The fourth-order valence-corrected chi connectivity index (χ4v) is 4.04. The van der Waals surface area contributed by atoms with Crippen LogP contribution < -0.4 is 20.3 Å². The van der Waals surface area contributed by atoms with E-state index < -0.39 is 17.8 Å². The van der Waals surface area contributed by atoms with E-state index in [1.165, 1.54) is 12.1 Å². The number of nitrogens with zero attached hydrogens (tertiary/aromatic N) is 2. The van der Waals surface area contributed by atoms with Gasteiger partial charge in [-0.2, -0.15) is 13.2 Å². The molecule has 3 aromatic carbocycles. The number of carbonyl (C=O) groups is 2. The molecular formula is C27H27F3N4O3. The monoisotopic (exact) mass is 512 g/mol. The average molecular weight is 513 g/mol. The van der Waals surface area contributed by atoms with Crippen LogP contribution in [-0.4, -0.2) is 50.1 Å². The number of alkyl halides is 3. The Morgan fingerprint density at radius 1 is 0.811 bits per heavy atom.